The monoisotopic (exact) mass is 459 g/mol. The van der Waals surface area contributed by atoms with Gasteiger partial charge in [-0.25, -0.2) is 9.59 Å². The van der Waals surface area contributed by atoms with Crippen LogP contribution in [-0.4, -0.2) is 60.8 Å². The van der Waals surface area contributed by atoms with Gasteiger partial charge >= 0.3 is 30.0 Å². The van der Waals surface area contributed by atoms with E-state index in [-0.39, 0.29) is 0 Å². The van der Waals surface area contributed by atoms with E-state index in [9.17, 15) is 32.3 Å². The fourth-order valence-electron chi connectivity index (χ4n) is 3.82. The number of benzene rings is 1. The van der Waals surface area contributed by atoms with E-state index in [1.165, 1.54) is 32.9 Å². The van der Waals surface area contributed by atoms with Crippen molar-refractivity contribution in [2.75, 3.05) is 14.2 Å². The van der Waals surface area contributed by atoms with Crippen LogP contribution >= 0.6 is 0 Å². The van der Waals surface area contributed by atoms with Crippen molar-refractivity contribution < 1.29 is 46.6 Å². The molecule has 0 aromatic heterocycles. The lowest BCUT2D eigenvalue weighted by Gasteiger charge is -2.38. The molecule has 0 spiro atoms. The second-order valence-electron chi connectivity index (χ2n) is 7.87. The summed E-state index contributed by atoms with van der Waals surface area (Å²) in [6.45, 7) is 3.79. The molecule has 1 aromatic carbocycles. The molecule has 176 valence electrons. The first-order chi connectivity index (χ1) is 14.7. The first kappa shape index (κ1) is 25.2. The summed E-state index contributed by atoms with van der Waals surface area (Å²) >= 11 is 0. The molecule has 0 saturated carbocycles. The van der Waals surface area contributed by atoms with Gasteiger partial charge in [0.2, 0.25) is 5.60 Å². The summed E-state index contributed by atoms with van der Waals surface area (Å²) in [6.07, 6.45) is -6.04. The summed E-state index contributed by atoms with van der Waals surface area (Å²) in [4.78, 5) is 50.6. The molecule has 0 bridgehead atoms. The molecule has 3 atom stereocenters. The second kappa shape index (κ2) is 8.79. The normalized spacial score (nSPS) is 22.0. The van der Waals surface area contributed by atoms with Gasteiger partial charge in [0.05, 0.1) is 20.3 Å². The summed E-state index contributed by atoms with van der Waals surface area (Å²) in [5.74, 6) is -5.67. The Bertz CT molecular complexity index is 900. The van der Waals surface area contributed by atoms with E-state index in [1.54, 1.807) is 18.2 Å². The fourth-order valence-corrected chi connectivity index (χ4v) is 3.82. The molecule has 1 aromatic rings. The molecule has 0 aliphatic carbocycles. The maximum atomic E-state index is 13.5. The first-order valence-electron chi connectivity index (χ1n) is 9.58. The van der Waals surface area contributed by atoms with Gasteiger partial charge in [-0.15, -0.1) is 0 Å². The highest BCUT2D eigenvalue weighted by atomic mass is 19.4. The fraction of sp³-hybridized carbons (Fsp3) is 0.524. The van der Waals surface area contributed by atoms with Crippen LogP contribution in [0.4, 0.5) is 13.2 Å². The van der Waals surface area contributed by atoms with Crippen molar-refractivity contribution in [3.8, 4) is 0 Å². The van der Waals surface area contributed by atoms with Crippen LogP contribution in [0, 0.1) is 5.41 Å². The highest BCUT2D eigenvalue weighted by molar-refractivity contribution is 5.97. The average Bonchev–Trinajstić information content (AvgIpc) is 3.11. The molecule has 8 nitrogen and oxygen atoms in total. The van der Waals surface area contributed by atoms with E-state index >= 15 is 0 Å². The summed E-state index contributed by atoms with van der Waals surface area (Å²) in [7, 11) is 2.02. The summed E-state index contributed by atoms with van der Waals surface area (Å²) in [5.41, 5.74) is -3.82. The highest BCUT2D eigenvalue weighted by Crippen LogP contribution is 2.47. The van der Waals surface area contributed by atoms with Crippen LogP contribution in [0.5, 0.6) is 0 Å². The Morgan fingerprint density at radius 3 is 2.16 bits per heavy atom. The number of nitrogens with zero attached hydrogens (tertiary/aromatic N) is 1. The minimum atomic E-state index is -5.31. The smallest absolute Gasteiger partial charge is 0.468 e. The molecular weight excluding hydrogens is 435 g/mol. The number of hydrogen-bond acceptors (Lipinski definition) is 7. The molecular formula is C21H24F3NO7. The molecule has 1 saturated heterocycles. The third-order valence-corrected chi connectivity index (χ3v) is 5.76. The standard InChI is InChI=1S/C21H24F3NO7/c1-12(13-9-7-6-8-10-13)25(16(27)21(22,23)24)14-11-20(18(29)31-5,32-15(14)26)19(2,3)17(28)30-4/h6-10,12,14H,11H2,1-5H3/t12-,14+,20+/m1/s1. The van der Waals surface area contributed by atoms with Crippen LogP contribution in [0.15, 0.2) is 30.3 Å². The van der Waals surface area contributed by atoms with Gasteiger partial charge in [0.15, 0.2) is 0 Å². The molecule has 0 N–H and O–H groups in total. The zero-order valence-corrected chi connectivity index (χ0v) is 18.2. The Kier molecular flexibility index (Phi) is 6.91. The van der Waals surface area contributed by atoms with E-state index < -0.39 is 59.5 Å². The molecule has 1 aliphatic heterocycles. The van der Waals surface area contributed by atoms with E-state index in [0.717, 1.165) is 14.2 Å². The predicted octanol–water partition coefficient (Wildman–Crippen LogP) is 2.57. The minimum absolute atomic E-state index is 0.320. The zero-order chi connectivity index (χ0) is 24.5. The number of carbonyl (C=O) groups is 4. The summed E-state index contributed by atoms with van der Waals surface area (Å²) in [5, 5.41) is 0. The first-order valence-corrected chi connectivity index (χ1v) is 9.58. The average molecular weight is 459 g/mol. The molecule has 1 fully saturated rings. The van der Waals surface area contributed by atoms with Crippen molar-refractivity contribution in [3.05, 3.63) is 35.9 Å². The van der Waals surface area contributed by atoms with Crippen LogP contribution in [0.3, 0.4) is 0 Å². The van der Waals surface area contributed by atoms with Gasteiger partial charge in [-0.05, 0) is 26.3 Å². The number of hydrogen-bond donors (Lipinski definition) is 0. The third-order valence-electron chi connectivity index (χ3n) is 5.76. The number of esters is 3. The van der Waals surface area contributed by atoms with E-state index in [2.05, 4.69) is 0 Å². The number of carbonyl (C=O) groups excluding carboxylic acids is 4. The van der Waals surface area contributed by atoms with Gasteiger partial charge in [-0.2, -0.15) is 13.2 Å². The van der Waals surface area contributed by atoms with Crippen LogP contribution in [-0.2, 0) is 33.4 Å². The van der Waals surface area contributed by atoms with Crippen molar-refractivity contribution in [2.24, 2.45) is 5.41 Å². The zero-order valence-electron chi connectivity index (χ0n) is 18.2. The molecule has 1 amide bonds. The Morgan fingerprint density at radius 1 is 1.12 bits per heavy atom. The van der Waals surface area contributed by atoms with Gasteiger partial charge in [-0.1, -0.05) is 30.3 Å². The minimum Gasteiger partial charge on any atom is -0.468 e. The van der Waals surface area contributed by atoms with Crippen LogP contribution in [0.25, 0.3) is 0 Å². The maximum absolute atomic E-state index is 13.5. The topological polar surface area (TPSA) is 99.2 Å². The van der Waals surface area contributed by atoms with E-state index in [1.807, 2.05) is 0 Å². The lowest BCUT2D eigenvalue weighted by molar-refractivity contribution is -0.195. The summed E-state index contributed by atoms with van der Waals surface area (Å²) < 4.78 is 55.1. The maximum Gasteiger partial charge on any atom is 0.471 e. The number of alkyl halides is 3. The molecule has 0 radical (unpaired) electrons. The molecule has 2 rings (SSSR count). The molecule has 32 heavy (non-hydrogen) atoms. The largest absolute Gasteiger partial charge is 0.471 e. The summed E-state index contributed by atoms with van der Waals surface area (Å²) in [6, 6.07) is 4.72. The van der Waals surface area contributed by atoms with Crippen LogP contribution < -0.4 is 0 Å². The SMILES string of the molecule is COC(=O)C(C)(C)[C@@]1(C(=O)OC)C[C@H](N(C(=O)C(F)(F)F)[C@H](C)c2ccccc2)C(=O)O1. The van der Waals surface area contributed by atoms with Crippen LogP contribution in [0.1, 0.15) is 38.8 Å². The lowest BCUT2D eigenvalue weighted by Crippen LogP contribution is -2.57. The van der Waals surface area contributed by atoms with Crippen molar-refractivity contribution in [3.63, 3.8) is 0 Å². The third kappa shape index (κ3) is 4.15. The number of rotatable bonds is 6. The van der Waals surface area contributed by atoms with Crippen molar-refractivity contribution >= 4 is 23.8 Å². The van der Waals surface area contributed by atoms with E-state index in [4.69, 9.17) is 14.2 Å². The number of halogens is 3. The highest BCUT2D eigenvalue weighted by Gasteiger charge is 2.67. The molecule has 1 heterocycles. The van der Waals surface area contributed by atoms with Gasteiger partial charge in [0.1, 0.15) is 11.5 Å². The number of methoxy groups -OCH3 is 2. The Hall–Kier alpha value is -3.11. The Balaban J connectivity index is 2.62. The number of amides is 1. The Morgan fingerprint density at radius 2 is 1.69 bits per heavy atom. The van der Waals surface area contributed by atoms with Crippen LogP contribution in [0.2, 0.25) is 0 Å². The molecule has 0 unspecified atom stereocenters. The molecule has 11 heteroatoms. The quantitative estimate of drug-likeness (QED) is 0.476. The van der Waals surface area contributed by atoms with Gasteiger partial charge in [0.25, 0.3) is 0 Å². The van der Waals surface area contributed by atoms with Crippen molar-refractivity contribution in [1.82, 2.24) is 4.90 Å². The second-order valence-corrected chi connectivity index (χ2v) is 7.87. The predicted molar refractivity (Wildman–Crippen MR) is 103 cm³/mol. The Labute approximate surface area is 182 Å². The van der Waals surface area contributed by atoms with Gasteiger partial charge < -0.3 is 19.1 Å². The lowest BCUT2D eigenvalue weighted by atomic mass is 9.72. The van der Waals surface area contributed by atoms with Crippen molar-refractivity contribution in [1.29, 1.82) is 0 Å². The van der Waals surface area contributed by atoms with Gasteiger partial charge in [0, 0.05) is 6.42 Å². The van der Waals surface area contributed by atoms with Crippen molar-refractivity contribution in [2.45, 2.75) is 51.1 Å². The molecule has 1 aliphatic rings. The number of cyclic esters (lactones) is 1. The van der Waals surface area contributed by atoms with E-state index in [0.29, 0.717) is 10.5 Å². The van der Waals surface area contributed by atoms with Gasteiger partial charge in [-0.3, -0.25) is 9.59 Å². The number of ether oxygens (including phenoxy) is 3.